The minimum Gasteiger partial charge on any atom is -0.365 e. The van der Waals surface area contributed by atoms with Crippen LogP contribution in [0.3, 0.4) is 0 Å². The molecule has 1 aliphatic heterocycles. The Labute approximate surface area is 78.1 Å². The van der Waals surface area contributed by atoms with Gasteiger partial charge in [-0.2, -0.15) is 5.10 Å². The highest BCUT2D eigenvalue weighted by atomic mass is 15.3. The zero-order valence-corrected chi connectivity index (χ0v) is 7.71. The van der Waals surface area contributed by atoms with Crippen LogP contribution in [0.5, 0.6) is 0 Å². The van der Waals surface area contributed by atoms with E-state index in [9.17, 15) is 0 Å². The fraction of sp³-hybridized carbons (Fsp3) is 0.600. The molecule has 0 fully saturated rings. The number of aromatic nitrogens is 2. The molecule has 2 aliphatic rings. The molecule has 0 bridgehead atoms. The Hall–Kier alpha value is -0.990. The smallest absolute Gasteiger partial charge is 0.128 e. The molecule has 69 valence electrons. The maximum absolute atomic E-state index is 4.63. The van der Waals surface area contributed by atoms with E-state index in [0.29, 0.717) is 0 Å². The Morgan fingerprint density at radius 2 is 2.23 bits per heavy atom. The molecule has 0 saturated heterocycles. The normalized spacial score (nSPS) is 20.3. The van der Waals surface area contributed by atoms with E-state index in [-0.39, 0.29) is 0 Å². The summed E-state index contributed by atoms with van der Waals surface area (Å²) in [7, 11) is 0. The highest BCUT2D eigenvalue weighted by Gasteiger charge is 2.21. The van der Waals surface area contributed by atoms with E-state index in [1.807, 2.05) is 0 Å². The Morgan fingerprint density at radius 3 is 3.23 bits per heavy atom. The minimum atomic E-state index is 1.05. The van der Waals surface area contributed by atoms with Gasteiger partial charge in [0.25, 0.3) is 0 Å². The second-order valence-electron chi connectivity index (χ2n) is 3.84. The number of nitrogens with one attached hydrogen (secondary N) is 1. The number of aryl methyl sites for hydroxylation is 2. The lowest BCUT2D eigenvalue weighted by atomic mass is 9.97. The number of rotatable bonds is 0. The lowest BCUT2D eigenvalue weighted by Gasteiger charge is -2.17. The highest BCUT2D eigenvalue weighted by molar-refractivity contribution is 5.51. The predicted molar refractivity (Wildman–Crippen MR) is 51.4 cm³/mol. The number of hydrogen-bond donors (Lipinski definition) is 1. The van der Waals surface area contributed by atoms with Crippen molar-refractivity contribution in [3.63, 3.8) is 0 Å². The summed E-state index contributed by atoms with van der Waals surface area (Å²) in [5, 5.41) is 7.97. The van der Waals surface area contributed by atoms with E-state index < -0.39 is 0 Å². The van der Waals surface area contributed by atoms with E-state index in [4.69, 9.17) is 0 Å². The summed E-state index contributed by atoms with van der Waals surface area (Å²) >= 11 is 0. The van der Waals surface area contributed by atoms with Crippen LogP contribution in [0.4, 0.5) is 5.82 Å². The van der Waals surface area contributed by atoms with Crippen molar-refractivity contribution in [2.24, 2.45) is 0 Å². The molecular weight excluding hydrogens is 162 g/mol. The van der Waals surface area contributed by atoms with Crippen LogP contribution in [0.15, 0.2) is 0 Å². The molecule has 1 N–H and O–H groups in total. The predicted octanol–water partition coefficient (Wildman–Crippen LogP) is 1.74. The van der Waals surface area contributed by atoms with Crippen LogP contribution in [-0.2, 0) is 19.4 Å². The standard InChI is InChI=1S/C10H14N3/c1-2-5-9-8(4-1)10-11-6-3-7-13(10)12-9/h6,11H,1-5,7H2. The summed E-state index contributed by atoms with van der Waals surface area (Å²) in [5.41, 5.74) is 2.81. The minimum absolute atomic E-state index is 1.05. The van der Waals surface area contributed by atoms with Gasteiger partial charge in [-0.3, -0.25) is 0 Å². The van der Waals surface area contributed by atoms with Crippen molar-refractivity contribution >= 4 is 5.82 Å². The molecule has 1 radical (unpaired) electrons. The second-order valence-corrected chi connectivity index (χ2v) is 3.84. The van der Waals surface area contributed by atoms with Crippen molar-refractivity contribution in [2.45, 2.75) is 38.6 Å². The van der Waals surface area contributed by atoms with Gasteiger partial charge in [-0.25, -0.2) is 4.68 Å². The van der Waals surface area contributed by atoms with Crippen molar-refractivity contribution in [3.05, 3.63) is 17.8 Å². The maximum atomic E-state index is 4.63. The van der Waals surface area contributed by atoms with Crippen molar-refractivity contribution < 1.29 is 0 Å². The molecule has 0 spiro atoms. The van der Waals surface area contributed by atoms with E-state index in [2.05, 4.69) is 21.6 Å². The van der Waals surface area contributed by atoms with Crippen LogP contribution in [0.25, 0.3) is 0 Å². The highest BCUT2D eigenvalue weighted by Crippen LogP contribution is 2.29. The molecule has 3 heteroatoms. The van der Waals surface area contributed by atoms with Crippen LogP contribution < -0.4 is 5.32 Å². The zero-order valence-electron chi connectivity index (χ0n) is 7.71. The van der Waals surface area contributed by atoms with Gasteiger partial charge in [-0.1, -0.05) is 0 Å². The van der Waals surface area contributed by atoms with Gasteiger partial charge in [0.1, 0.15) is 5.82 Å². The summed E-state index contributed by atoms with van der Waals surface area (Å²) in [4.78, 5) is 0. The number of anilines is 1. The molecule has 2 heterocycles. The van der Waals surface area contributed by atoms with Gasteiger partial charge in [0.05, 0.1) is 5.69 Å². The largest absolute Gasteiger partial charge is 0.365 e. The molecule has 1 aromatic heterocycles. The van der Waals surface area contributed by atoms with Gasteiger partial charge >= 0.3 is 0 Å². The fourth-order valence-corrected chi connectivity index (χ4v) is 2.29. The molecular formula is C10H14N3. The molecule has 0 atom stereocenters. The molecule has 1 aromatic rings. The molecule has 0 unspecified atom stereocenters. The summed E-state index contributed by atoms with van der Waals surface area (Å²) in [5.74, 6) is 1.26. The Kier molecular flexibility index (Phi) is 1.57. The Morgan fingerprint density at radius 1 is 1.31 bits per heavy atom. The molecule has 0 aromatic carbocycles. The van der Waals surface area contributed by atoms with Crippen molar-refractivity contribution in [1.82, 2.24) is 9.78 Å². The van der Waals surface area contributed by atoms with E-state index in [1.54, 1.807) is 0 Å². The summed E-state index contributed by atoms with van der Waals surface area (Å²) in [6.07, 6.45) is 6.12. The van der Waals surface area contributed by atoms with Crippen LogP contribution in [0, 0.1) is 6.54 Å². The van der Waals surface area contributed by atoms with E-state index in [1.165, 1.54) is 42.8 Å². The first-order valence-electron chi connectivity index (χ1n) is 5.12. The SMILES string of the molecule is [CH]1CCn2nc3c(c2N1)CCCC3. The topological polar surface area (TPSA) is 29.9 Å². The van der Waals surface area contributed by atoms with E-state index >= 15 is 0 Å². The first-order chi connectivity index (χ1) is 6.45. The Balaban J connectivity index is 2.09. The van der Waals surface area contributed by atoms with Gasteiger partial charge in [0, 0.05) is 18.7 Å². The summed E-state index contributed by atoms with van der Waals surface area (Å²) in [6.45, 7) is 3.20. The van der Waals surface area contributed by atoms with Crippen LogP contribution >= 0.6 is 0 Å². The van der Waals surface area contributed by atoms with Gasteiger partial charge in [0.15, 0.2) is 0 Å². The number of hydrogen-bond acceptors (Lipinski definition) is 2. The van der Waals surface area contributed by atoms with Gasteiger partial charge < -0.3 is 5.32 Å². The molecule has 1 aliphatic carbocycles. The van der Waals surface area contributed by atoms with Gasteiger partial charge in [-0.15, -0.1) is 0 Å². The third-order valence-corrected chi connectivity index (χ3v) is 2.95. The fourth-order valence-electron chi connectivity index (χ4n) is 2.29. The number of nitrogens with zero attached hydrogens (tertiary/aromatic N) is 2. The third-order valence-electron chi connectivity index (χ3n) is 2.95. The van der Waals surface area contributed by atoms with E-state index in [0.717, 1.165) is 13.0 Å². The molecule has 13 heavy (non-hydrogen) atoms. The lowest BCUT2D eigenvalue weighted by molar-refractivity contribution is 0.584. The summed E-state index contributed by atoms with van der Waals surface area (Å²) in [6, 6.07) is 0. The monoisotopic (exact) mass is 176 g/mol. The number of fused-ring (bicyclic) bond motifs is 3. The quantitative estimate of drug-likeness (QED) is 0.652. The molecule has 0 amide bonds. The maximum Gasteiger partial charge on any atom is 0.128 e. The summed E-state index contributed by atoms with van der Waals surface area (Å²) < 4.78 is 2.13. The molecule has 0 saturated carbocycles. The zero-order chi connectivity index (χ0) is 8.67. The van der Waals surface area contributed by atoms with Crippen molar-refractivity contribution in [1.29, 1.82) is 0 Å². The van der Waals surface area contributed by atoms with Crippen molar-refractivity contribution in [3.8, 4) is 0 Å². The first kappa shape index (κ1) is 7.42. The van der Waals surface area contributed by atoms with Gasteiger partial charge in [-0.05, 0) is 32.1 Å². The average molecular weight is 176 g/mol. The van der Waals surface area contributed by atoms with Crippen LogP contribution in [0.2, 0.25) is 0 Å². The molecule has 3 nitrogen and oxygen atoms in total. The van der Waals surface area contributed by atoms with Gasteiger partial charge in [0.2, 0.25) is 0 Å². The third kappa shape index (κ3) is 1.06. The Bertz CT molecular complexity index is 297. The average Bonchev–Trinajstić information content (AvgIpc) is 2.56. The van der Waals surface area contributed by atoms with Crippen LogP contribution in [-0.4, -0.2) is 9.78 Å². The lowest BCUT2D eigenvalue weighted by Crippen LogP contribution is -2.14. The van der Waals surface area contributed by atoms with Crippen molar-refractivity contribution in [2.75, 3.05) is 5.32 Å². The molecule has 3 rings (SSSR count). The second kappa shape index (κ2) is 2.76. The first-order valence-corrected chi connectivity index (χ1v) is 5.12. The van der Waals surface area contributed by atoms with Crippen LogP contribution in [0.1, 0.15) is 30.5 Å².